The molecule has 3 rings (SSSR count). The van der Waals surface area contributed by atoms with E-state index in [1.165, 1.54) is 6.08 Å². The SMILES string of the molecule is CO[C@H]1O[C@H](COCc2ccccc2)[C@@H](OC(=O)/C=C/c2ccccc2)[C@H](O[Si](C)(C)C(C)(C)C)[C@H]1O[Si](C)(C)C(C)(C)C. The van der Waals surface area contributed by atoms with Gasteiger partial charge in [0.25, 0.3) is 0 Å². The molecule has 7 nitrogen and oxygen atoms in total. The molecule has 0 saturated carbocycles. The molecule has 0 radical (unpaired) electrons. The molecule has 2 aromatic carbocycles. The van der Waals surface area contributed by atoms with Crippen molar-refractivity contribution >= 4 is 28.7 Å². The monoisotopic (exact) mass is 642 g/mol. The summed E-state index contributed by atoms with van der Waals surface area (Å²) < 4.78 is 39.1. The second-order valence-corrected chi connectivity index (χ2v) is 24.1. The van der Waals surface area contributed by atoms with Crippen molar-refractivity contribution in [3.63, 3.8) is 0 Å². The molecular formula is C35H54O7Si2. The van der Waals surface area contributed by atoms with Crippen LogP contribution in [0.2, 0.25) is 36.3 Å². The zero-order valence-electron chi connectivity index (χ0n) is 28.6. The van der Waals surface area contributed by atoms with E-state index in [-0.39, 0.29) is 16.7 Å². The first-order valence-corrected chi connectivity index (χ1v) is 21.4. The first kappa shape index (κ1) is 36.4. The Bertz CT molecular complexity index is 1200. The fourth-order valence-electron chi connectivity index (χ4n) is 4.41. The molecule has 2 aromatic rings. The summed E-state index contributed by atoms with van der Waals surface area (Å²) in [6.45, 7) is 22.5. The summed E-state index contributed by atoms with van der Waals surface area (Å²) in [4.78, 5) is 13.4. The first-order valence-electron chi connectivity index (χ1n) is 15.5. The van der Waals surface area contributed by atoms with Crippen LogP contribution in [0.4, 0.5) is 0 Å². The number of rotatable bonds is 12. The van der Waals surface area contributed by atoms with E-state index in [0.29, 0.717) is 6.61 Å². The lowest BCUT2D eigenvalue weighted by Crippen LogP contribution is -2.66. The third-order valence-electron chi connectivity index (χ3n) is 9.15. The van der Waals surface area contributed by atoms with E-state index in [9.17, 15) is 4.79 Å². The van der Waals surface area contributed by atoms with Gasteiger partial charge in [0.1, 0.15) is 18.3 Å². The average molecular weight is 643 g/mol. The van der Waals surface area contributed by atoms with Gasteiger partial charge in [-0.25, -0.2) is 4.79 Å². The van der Waals surface area contributed by atoms with Gasteiger partial charge in [-0.1, -0.05) is 102 Å². The minimum Gasteiger partial charge on any atom is -0.453 e. The topological polar surface area (TPSA) is 72.5 Å². The number of hydrogen-bond donors (Lipinski definition) is 0. The summed E-state index contributed by atoms with van der Waals surface area (Å²) in [7, 11) is -3.13. The maximum atomic E-state index is 13.4. The predicted octanol–water partition coefficient (Wildman–Crippen LogP) is 7.98. The summed E-state index contributed by atoms with van der Waals surface area (Å²) in [5.41, 5.74) is 1.94. The largest absolute Gasteiger partial charge is 0.453 e. The molecular weight excluding hydrogens is 589 g/mol. The van der Waals surface area contributed by atoms with Crippen molar-refractivity contribution in [1.29, 1.82) is 0 Å². The van der Waals surface area contributed by atoms with E-state index < -0.39 is 53.3 Å². The Labute approximate surface area is 267 Å². The average Bonchev–Trinajstić information content (AvgIpc) is 2.94. The predicted molar refractivity (Wildman–Crippen MR) is 181 cm³/mol. The van der Waals surface area contributed by atoms with Gasteiger partial charge < -0.3 is 27.8 Å². The lowest BCUT2D eigenvalue weighted by Gasteiger charge is -2.52. The van der Waals surface area contributed by atoms with Crippen LogP contribution in [0.15, 0.2) is 66.7 Å². The highest BCUT2D eigenvalue weighted by atomic mass is 28.4. The number of benzene rings is 2. The number of methoxy groups -OCH3 is 1. The van der Waals surface area contributed by atoms with Crippen LogP contribution in [-0.4, -0.2) is 67.0 Å². The molecule has 9 heteroatoms. The summed E-state index contributed by atoms with van der Waals surface area (Å²) in [6, 6.07) is 19.6. The van der Waals surface area contributed by atoms with Crippen LogP contribution in [-0.2, 0) is 39.2 Å². The molecule has 0 aromatic heterocycles. The molecule has 0 amide bonds. The summed E-state index contributed by atoms with van der Waals surface area (Å²) in [5, 5.41) is -0.177. The molecule has 1 fully saturated rings. The Hall–Kier alpha value is -2.12. The summed E-state index contributed by atoms with van der Waals surface area (Å²) in [6.07, 6.45) is -0.232. The highest BCUT2D eigenvalue weighted by Crippen LogP contribution is 2.43. The van der Waals surface area contributed by atoms with Crippen molar-refractivity contribution in [2.45, 2.75) is 115 Å². The molecule has 44 heavy (non-hydrogen) atoms. The van der Waals surface area contributed by atoms with Gasteiger partial charge in [0.2, 0.25) is 0 Å². The number of carbonyl (C=O) groups excluding carboxylic acids is 1. The Balaban J connectivity index is 2.02. The van der Waals surface area contributed by atoms with Crippen molar-refractivity contribution in [1.82, 2.24) is 0 Å². The van der Waals surface area contributed by atoms with Crippen LogP contribution < -0.4 is 0 Å². The summed E-state index contributed by atoms with van der Waals surface area (Å²) >= 11 is 0. The highest BCUT2D eigenvalue weighted by molar-refractivity contribution is 6.74. The van der Waals surface area contributed by atoms with Crippen molar-refractivity contribution in [3.05, 3.63) is 77.9 Å². The van der Waals surface area contributed by atoms with Gasteiger partial charge in [-0.2, -0.15) is 0 Å². The minimum absolute atomic E-state index is 0.0763. The quantitative estimate of drug-likeness (QED) is 0.132. The number of hydrogen-bond acceptors (Lipinski definition) is 7. The van der Waals surface area contributed by atoms with E-state index in [1.54, 1.807) is 13.2 Å². The van der Waals surface area contributed by atoms with Gasteiger partial charge in [0.15, 0.2) is 29.0 Å². The van der Waals surface area contributed by atoms with E-state index in [2.05, 4.69) is 67.7 Å². The Morgan fingerprint density at radius 2 is 1.32 bits per heavy atom. The second kappa shape index (κ2) is 15.0. The smallest absolute Gasteiger partial charge is 0.331 e. The van der Waals surface area contributed by atoms with Gasteiger partial charge in [-0.15, -0.1) is 0 Å². The van der Waals surface area contributed by atoms with Gasteiger partial charge >= 0.3 is 5.97 Å². The summed E-state index contributed by atoms with van der Waals surface area (Å²) in [5.74, 6) is -0.485. The molecule has 5 atom stereocenters. The molecule has 0 aliphatic carbocycles. The fourth-order valence-corrected chi connectivity index (χ4v) is 6.99. The van der Waals surface area contributed by atoms with Crippen LogP contribution in [0.25, 0.3) is 6.08 Å². The molecule has 1 aliphatic heterocycles. The van der Waals surface area contributed by atoms with Gasteiger partial charge in [0, 0.05) is 13.2 Å². The number of carbonyl (C=O) groups is 1. The first-order chi connectivity index (χ1) is 20.4. The molecule has 0 N–H and O–H groups in total. The fraction of sp³-hybridized carbons (Fsp3) is 0.571. The van der Waals surface area contributed by atoms with E-state index >= 15 is 0 Å². The number of esters is 1. The van der Waals surface area contributed by atoms with Crippen LogP contribution in [0.5, 0.6) is 0 Å². The van der Waals surface area contributed by atoms with Crippen LogP contribution in [0.1, 0.15) is 52.7 Å². The third kappa shape index (κ3) is 9.69. The molecule has 0 unspecified atom stereocenters. The van der Waals surface area contributed by atoms with Gasteiger partial charge in [0.05, 0.1) is 13.2 Å². The maximum absolute atomic E-state index is 13.4. The molecule has 1 saturated heterocycles. The van der Waals surface area contributed by atoms with E-state index in [4.69, 9.17) is 27.8 Å². The van der Waals surface area contributed by atoms with Crippen molar-refractivity contribution in [3.8, 4) is 0 Å². The molecule has 1 heterocycles. The molecule has 244 valence electrons. The Morgan fingerprint density at radius 3 is 1.84 bits per heavy atom. The third-order valence-corrected chi connectivity index (χ3v) is 18.1. The lowest BCUT2D eigenvalue weighted by atomic mass is 9.99. The van der Waals surface area contributed by atoms with Crippen molar-refractivity contribution < 1.29 is 32.6 Å². The zero-order chi connectivity index (χ0) is 32.8. The Kier molecular flexibility index (Phi) is 12.4. The number of ether oxygens (including phenoxy) is 4. The second-order valence-electron chi connectivity index (χ2n) is 14.6. The zero-order valence-corrected chi connectivity index (χ0v) is 30.6. The van der Waals surface area contributed by atoms with Crippen LogP contribution >= 0.6 is 0 Å². The highest BCUT2D eigenvalue weighted by Gasteiger charge is 2.55. The van der Waals surface area contributed by atoms with Gasteiger partial charge in [-0.3, -0.25) is 0 Å². The molecule has 0 bridgehead atoms. The lowest BCUT2D eigenvalue weighted by molar-refractivity contribution is -0.292. The van der Waals surface area contributed by atoms with Gasteiger partial charge in [-0.05, 0) is 53.5 Å². The normalized spacial score (nSPS) is 23.6. The van der Waals surface area contributed by atoms with Crippen molar-refractivity contribution in [2.75, 3.05) is 13.7 Å². The molecule has 1 aliphatic rings. The van der Waals surface area contributed by atoms with E-state index in [1.807, 2.05) is 60.7 Å². The molecule has 0 spiro atoms. The van der Waals surface area contributed by atoms with E-state index in [0.717, 1.165) is 11.1 Å². The standard InChI is InChI=1S/C35H54O7Si2/c1-34(2,3)43(8,9)41-31-30(40-29(36)23-22-26-18-14-12-15-19-26)28(25-38-24-27-20-16-13-17-21-27)39-33(37-7)32(31)42-44(10,11)35(4,5)6/h12-23,28,30-33H,24-25H2,1-11H3/b23-22+/t28-,30-,31+,32-,33+/m1/s1. The minimum atomic E-state index is -2.40. The Morgan fingerprint density at radius 1 is 0.795 bits per heavy atom. The maximum Gasteiger partial charge on any atom is 0.331 e. The van der Waals surface area contributed by atoms with Crippen LogP contribution in [0, 0.1) is 0 Å². The van der Waals surface area contributed by atoms with Crippen molar-refractivity contribution in [2.24, 2.45) is 0 Å². The van der Waals surface area contributed by atoms with Crippen LogP contribution in [0.3, 0.4) is 0 Å².